The first-order valence-electron chi connectivity index (χ1n) is 7.84. The molecule has 0 fully saturated rings. The lowest BCUT2D eigenvalue weighted by molar-refractivity contribution is -0.135. The molecular formula is C19H22ClFN2O. The van der Waals surface area contributed by atoms with Crippen molar-refractivity contribution in [3.63, 3.8) is 0 Å². The highest BCUT2D eigenvalue weighted by molar-refractivity contribution is 6.30. The van der Waals surface area contributed by atoms with E-state index in [1.165, 1.54) is 12.1 Å². The Bertz CT molecular complexity index is 640. The van der Waals surface area contributed by atoms with Crippen molar-refractivity contribution >= 4 is 17.5 Å². The van der Waals surface area contributed by atoms with Gasteiger partial charge in [-0.05, 0) is 42.3 Å². The zero-order valence-electron chi connectivity index (χ0n) is 14.0. The van der Waals surface area contributed by atoms with E-state index in [0.717, 1.165) is 11.1 Å². The second kappa shape index (κ2) is 7.77. The van der Waals surface area contributed by atoms with Gasteiger partial charge in [0.1, 0.15) is 5.82 Å². The van der Waals surface area contributed by atoms with Gasteiger partial charge in [-0.3, -0.25) is 4.79 Å². The number of nitrogens with two attached hydrogens (primary N) is 1. The third-order valence-electron chi connectivity index (χ3n) is 4.28. The molecule has 2 N–H and O–H groups in total. The van der Waals surface area contributed by atoms with E-state index in [1.54, 1.807) is 36.2 Å². The predicted octanol–water partition coefficient (Wildman–Crippen LogP) is 4.01. The Morgan fingerprint density at radius 3 is 1.96 bits per heavy atom. The van der Waals surface area contributed by atoms with Crippen LogP contribution in [0.5, 0.6) is 0 Å². The Hall–Kier alpha value is -1.91. The van der Waals surface area contributed by atoms with Gasteiger partial charge >= 0.3 is 0 Å². The minimum Gasteiger partial charge on any atom is -0.334 e. The molecule has 0 radical (unpaired) electrons. The largest absolute Gasteiger partial charge is 0.334 e. The van der Waals surface area contributed by atoms with Crippen molar-refractivity contribution in [1.29, 1.82) is 0 Å². The molecule has 2 aromatic carbocycles. The van der Waals surface area contributed by atoms with Crippen molar-refractivity contribution in [1.82, 2.24) is 4.90 Å². The van der Waals surface area contributed by atoms with Gasteiger partial charge in [-0.25, -0.2) is 4.39 Å². The van der Waals surface area contributed by atoms with Gasteiger partial charge in [-0.1, -0.05) is 42.8 Å². The van der Waals surface area contributed by atoms with Gasteiger partial charge in [0.25, 0.3) is 0 Å². The van der Waals surface area contributed by atoms with Crippen LogP contribution >= 0.6 is 11.6 Å². The van der Waals surface area contributed by atoms with Gasteiger partial charge in [0.05, 0.1) is 12.0 Å². The van der Waals surface area contributed by atoms with Crippen LogP contribution in [-0.2, 0) is 4.79 Å². The number of amides is 1. The van der Waals surface area contributed by atoms with Crippen molar-refractivity contribution in [3.05, 3.63) is 70.5 Å². The van der Waals surface area contributed by atoms with Crippen molar-refractivity contribution in [2.24, 2.45) is 11.7 Å². The minimum atomic E-state index is -0.337. The number of benzene rings is 2. The molecule has 5 heteroatoms. The van der Waals surface area contributed by atoms with Gasteiger partial charge in [0.2, 0.25) is 5.91 Å². The summed E-state index contributed by atoms with van der Waals surface area (Å²) in [6.45, 7) is 3.62. The maximum absolute atomic E-state index is 13.3. The fourth-order valence-electron chi connectivity index (χ4n) is 2.60. The van der Waals surface area contributed by atoms with E-state index < -0.39 is 0 Å². The topological polar surface area (TPSA) is 46.3 Å². The minimum absolute atomic E-state index is 0.0609. The number of hydrogen-bond acceptors (Lipinski definition) is 2. The quantitative estimate of drug-likeness (QED) is 0.887. The molecular weight excluding hydrogens is 327 g/mol. The van der Waals surface area contributed by atoms with Crippen LogP contribution in [-0.4, -0.2) is 23.9 Å². The highest BCUT2D eigenvalue weighted by Crippen LogP contribution is 2.30. The molecule has 2 rings (SSSR count). The molecule has 2 aromatic rings. The Kier molecular flexibility index (Phi) is 5.97. The molecule has 3 unspecified atom stereocenters. The summed E-state index contributed by atoms with van der Waals surface area (Å²) in [6.07, 6.45) is 0. The lowest BCUT2D eigenvalue weighted by Gasteiger charge is -2.32. The van der Waals surface area contributed by atoms with E-state index in [1.807, 2.05) is 26.0 Å². The second-order valence-corrected chi connectivity index (χ2v) is 6.54. The summed E-state index contributed by atoms with van der Waals surface area (Å²) < 4.78 is 13.3. The average molecular weight is 349 g/mol. The molecule has 0 bridgehead atoms. The summed E-state index contributed by atoms with van der Waals surface area (Å²) in [5.41, 5.74) is 7.60. The summed E-state index contributed by atoms with van der Waals surface area (Å²) in [7, 11) is 1.74. The van der Waals surface area contributed by atoms with Crippen LogP contribution in [0.15, 0.2) is 48.5 Å². The van der Waals surface area contributed by atoms with Crippen LogP contribution in [0.1, 0.15) is 31.0 Å². The zero-order chi connectivity index (χ0) is 17.9. The zero-order valence-corrected chi connectivity index (χ0v) is 14.8. The first-order chi connectivity index (χ1) is 11.3. The first-order valence-corrected chi connectivity index (χ1v) is 8.22. The highest BCUT2D eigenvalue weighted by atomic mass is 35.5. The first kappa shape index (κ1) is 18.4. The second-order valence-electron chi connectivity index (χ2n) is 6.10. The average Bonchev–Trinajstić information content (AvgIpc) is 2.56. The van der Waals surface area contributed by atoms with Gasteiger partial charge in [0.15, 0.2) is 0 Å². The number of carbonyl (C=O) groups is 1. The van der Waals surface area contributed by atoms with Crippen LogP contribution < -0.4 is 5.73 Å². The third kappa shape index (κ3) is 4.13. The smallest absolute Gasteiger partial charge is 0.227 e. The SMILES string of the molecule is CC(N)C(C)C(=O)N(C)C(c1ccc(F)cc1)c1ccc(Cl)cc1. The Morgan fingerprint density at radius 1 is 1.04 bits per heavy atom. The molecule has 0 aliphatic heterocycles. The highest BCUT2D eigenvalue weighted by Gasteiger charge is 2.28. The van der Waals surface area contributed by atoms with Crippen molar-refractivity contribution < 1.29 is 9.18 Å². The monoisotopic (exact) mass is 348 g/mol. The van der Waals surface area contributed by atoms with Crippen LogP contribution in [0.25, 0.3) is 0 Å². The summed E-state index contributed by atoms with van der Waals surface area (Å²) >= 11 is 5.97. The van der Waals surface area contributed by atoms with Gasteiger partial charge < -0.3 is 10.6 Å². The lowest BCUT2D eigenvalue weighted by atomic mass is 9.95. The van der Waals surface area contributed by atoms with E-state index in [-0.39, 0.29) is 29.7 Å². The standard InChI is InChI=1S/C19H22ClFN2O/c1-12(13(2)22)19(24)23(3)18(14-4-8-16(20)9-5-14)15-6-10-17(21)11-7-15/h4-13,18H,22H2,1-3H3. The Labute approximate surface area is 147 Å². The van der Waals surface area contributed by atoms with Crippen LogP contribution in [0.4, 0.5) is 4.39 Å². The molecule has 0 aliphatic carbocycles. The molecule has 0 aromatic heterocycles. The third-order valence-corrected chi connectivity index (χ3v) is 4.54. The molecule has 0 saturated heterocycles. The summed E-state index contributed by atoms with van der Waals surface area (Å²) in [6, 6.07) is 12.9. The van der Waals surface area contributed by atoms with E-state index in [2.05, 4.69) is 0 Å². The van der Waals surface area contributed by atoms with Gasteiger partial charge in [-0.15, -0.1) is 0 Å². The molecule has 24 heavy (non-hydrogen) atoms. The van der Waals surface area contributed by atoms with Gasteiger partial charge in [-0.2, -0.15) is 0 Å². The summed E-state index contributed by atoms with van der Waals surface area (Å²) in [4.78, 5) is 14.4. The number of hydrogen-bond donors (Lipinski definition) is 1. The number of rotatable bonds is 5. The number of carbonyl (C=O) groups excluding carboxylic acids is 1. The van der Waals surface area contributed by atoms with Crippen molar-refractivity contribution in [3.8, 4) is 0 Å². The van der Waals surface area contributed by atoms with Gasteiger partial charge in [0, 0.05) is 18.1 Å². The molecule has 0 saturated carbocycles. The molecule has 1 amide bonds. The van der Waals surface area contributed by atoms with E-state index in [9.17, 15) is 9.18 Å². The number of nitrogens with zero attached hydrogens (tertiary/aromatic N) is 1. The molecule has 0 spiro atoms. The van der Waals surface area contributed by atoms with Crippen LogP contribution in [0.2, 0.25) is 5.02 Å². The lowest BCUT2D eigenvalue weighted by Crippen LogP contribution is -2.41. The van der Waals surface area contributed by atoms with E-state index in [0.29, 0.717) is 5.02 Å². The number of halogens is 2. The molecule has 0 heterocycles. The van der Waals surface area contributed by atoms with Crippen LogP contribution in [0.3, 0.4) is 0 Å². The van der Waals surface area contributed by atoms with Crippen molar-refractivity contribution in [2.75, 3.05) is 7.05 Å². The Balaban J connectivity index is 2.44. The Morgan fingerprint density at radius 2 is 1.50 bits per heavy atom. The normalized spacial score (nSPS) is 14.8. The maximum Gasteiger partial charge on any atom is 0.227 e. The van der Waals surface area contributed by atoms with E-state index in [4.69, 9.17) is 17.3 Å². The molecule has 128 valence electrons. The molecule has 3 nitrogen and oxygen atoms in total. The molecule has 0 aliphatic rings. The summed E-state index contributed by atoms with van der Waals surface area (Å²) in [5.74, 6) is -0.689. The maximum atomic E-state index is 13.3. The van der Waals surface area contributed by atoms with Crippen molar-refractivity contribution in [2.45, 2.75) is 25.9 Å². The fraction of sp³-hybridized carbons (Fsp3) is 0.316. The van der Waals surface area contributed by atoms with Crippen LogP contribution in [0, 0.1) is 11.7 Å². The molecule has 3 atom stereocenters. The summed E-state index contributed by atoms with van der Waals surface area (Å²) in [5, 5.41) is 0.620. The van der Waals surface area contributed by atoms with E-state index >= 15 is 0 Å². The predicted molar refractivity (Wildman–Crippen MR) is 95.3 cm³/mol. The fourth-order valence-corrected chi connectivity index (χ4v) is 2.73.